The third-order valence-electron chi connectivity index (χ3n) is 11.0. The molecule has 0 amide bonds. The molecule has 4 heterocycles. The van der Waals surface area contributed by atoms with Gasteiger partial charge in [-0.2, -0.15) is 9.97 Å². The lowest BCUT2D eigenvalue weighted by atomic mass is 10.1. The summed E-state index contributed by atoms with van der Waals surface area (Å²) in [6.45, 7) is 0. The highest BCUT2D eigenvalue weighted by atomic mass is 16.3. The van der Waals surface area contributed by atoms with Crippen molar-refractivity contribution in [3.63, 3.8) is 0 Å². The highest BCUT2D eigenvalue weighted by Crippen LogP contribution is 2.42. The minimum atomic E-state index is 0.546. The smallest absolute Gasteiger partial charge is 0.238 e. The van der Waals surface area contributed by atoms with Crippen LogP contribution >= 0.6 is 0 Å². The van der Waals surface area contributed by atoms with Gasteiger partial charge in [0, 0.05) is 43.4 Å². The van der Waals surface area contributed by atoms with E-state index in [1.807, 2.05) is 30.3 Å². The van der Waals surface area contributed by atoms with Gasteiger partial charge in [0.1, 0.15) is 11.2 Å². The molecule has 0 atom stereocenters. The number of nitrogens with zero attached hydrogens (tertiary/aromatic N) is 5. The normalized spacial score (nSPS) is 12.0. The van der Waals surface area contributed by atoms with Gasteiger partial charge in [0.15, 0.2) is 11.6 Å². The van der Waals surface area contributed by atoms with Gasteiger partial charge >= 0.3 is 0 Å². The third kappa shape index (κ3) is 4.46. The van der Waals surface area contributed by atoms with Gasteiger partial charge in [-0.15, -0.1) is 0 Å². The molecule has 0 fully saturated rings. The molecule has 0 aliphatic heterocycles. The van der Waals surface area contributed by atoms with Crippen LogP contribution in [0.25, 0.3) is 111 Å². The first-order valence-corrected chi connectivity index (χ1v) is 18.4. The molecule has 12 rings (SSSR count). The van der Waals surface area contributed by atoms with Crippen LogP contribution in [0, 0.1) is 0 Å². The highest BCUT2D eigenvalue weighted by Gasteiger charge is 2.23. The number of hydrogen-bond acceptors (Lipinski definition) is 4. The number of para-hydroxylation sites is 4. The van der Waals surface area contributed by atoms with Crippen molar-refractivity contribution in [3.05, 3.63) is 176 Å². The lowest BCUT2D eigenvalue weighted by molar-refractivity contribution is 0.669. The van der Waals surface area contributed by atoms with E-state index in [0.29, 0.717) is 17.6 Å². The summed E-state index contributed by atoms with van der Waals surface area (Å²) in [5, 5.41) is 9.11. The van der Waals surface area contributed by atoms with E-state index in [-0.39, 0.29) is 0 Å². The van der Waals surface area contributed by atoms with Crippen molar-refractivity contribution in [1.82, 2.24) is 24.1 Å². The number of hydrogen-bond donors (Lipinski definition) is 0. The number of furan rings is 1. The van der Waals surface area contributed by atoms with E-state index in [2.05, 4.69) is 155 Å². The average Bonchev–Trinajstić information content (AvgIpc) is 3.89. The van der Waals surface area contributed by atoms with E-state index < -0.39 is 0 Å². The zero-order valence-electron chi connectivity index (χ0n) is 29.4. The molecule has 6 heteroatoms. The van der Waals surface area contributed by atoms with Crippen molar-refractivity contribution in [1.29, 1.82) is 0 Å². The SMILES string of the molecule is c1ccc(-c2nc(-c3cc4oc5ccccc5c4cc3-n3c4ccccc4c4cc5ccccc5cc43)nc(-n3c4ccccc4c4ccccc43)n2)cc1. The van der Waals surface area contributed by atoms with Crippen LogP contribution in [0.15, 0.2) is 180 Å². The Hall–Kier alpha value is -7.57. The highest BCUT2D eigenvalue weighted by molar-refractivity contribution is 6.15. The second kappa shape index (κ2) is 11.5. The Morgan fingerprint density at radius 2 is 0.927 bits per heavy atom. The predicted octanol–water partition coefficient (Wildman–Crippen LogP) is 12.5. The van der Waals surface area contributed by atoms with Crippen molar-refractivity contribution < 1.29 is 4.42 Å². The van der Waals surface area contributed by atoms with Crippen LogP contribution in [0.1, 0.15) is 0 Å². The lowest BCUT2D eigenvalue weighted by Crippen LogP contribution is -2.08. The van der Waals surface area contributed by atoms with Crippen molar-refractivity contribution in [3.8, 4) is 34.4 Å². The van der Waals surface area contributed by atoms with Crippen molar-refractivity contribution in [2.24, 2.45) is 0 Å². The van der Waals surface area contributed by atoms with Crippen LogP contribution in [0.5, 0.6) is 0 Å². The summed E-state index contributed by atoms with van der Waals surface area (Å²) in [7, 11) is 0. The Morgan fingerprint density at radius 3 is 1.65 bits per heavy atom. The van der Waals surface area contributed by atoms with Crippen LogP contribution in [-0.2, 0) is 0 Å². The van der Waals surface area contributed by atoms with Crippen LogP contribution in [-0.4, -0.2) is 24.1 Å². The molecule has 0 radical (unpaired) electrons. The van der Waals surface area contributed by atoms with Gasteiger partial charge in [0.05, 0.1) is 27.8 Å². The maximum atomic E-state index is 6.57. The Bertz CT molecular complexity index is 3450. The van der Waals surface area contributed by atoms with Crippen LogP contribution in [0.3, 0.4) is 0 Å². The molecule has 0 aliphatic carbocycles. The zero-order valence-corrected chi connectivity index (χ0v) is 29.4. The molecule has 0 saturated carbocycles. The molecule has 6 nitrogen and oxygen atoms in total. The van der Waals surface area contributed by atoms with E-state index in [1.54, 1.807) is 0 Å². The number of fused-ring (bicyclic) bond motifs is 10. The fourth-order valence-electron chi connectivity index (χ4n) is 8.48. The molecule has 8 aromatic carbocycles. The van der Waals surface area contributed by atoms with E-state index in [4.69, 9.17) is 19.4 Å². The van der Waals surface area contributed by atoms with Crippen LogP contribution in [0.2, 0.25) is 0 Å². The van der Waals surface area contributed by atoms with Gasteiger partial charge in [0.25, 0.3) is 0 Å². The number of benzene rings is 8. The fourth-order valence-corrected chi connectivity index (χ4v) is 8.48. The van der Waals surface area contributed by atoms with Gasteiger partial charge < -0.3 is 8.98 Å². The monoisotopic (exact) mass is 703 g/mol. The van der Waals surface area contributed by atoms with Crippen molar-refractivity contribution in [2.45, 2.75) is 0 Å². The second-order valence-electron chi connectivity index (χ2n) is 14.1. The molecule has 4 aromatic heterocycles. The topological polar surface area (TPSA) is 61.7 Å². The van der Waals surface area contributed by atoms with Gasteiger partial charge in [-0.1, -0.05) is 127 Å². The van der Waals surface area contributed by atoms with E-state index in [9.17, 15) is 0 Å². The summed E-state index contributed by atoms with van der Waals surface area (Å²) >= 11 is 0. The molecule has 0 saturated heterocycles. The number of rotatable bonds is 4. The standard InChI is InChI=1S/C49H29N5O/c1-2-14-30(15-3-1)47-50-48(52-49(51-47)54-41-23-11-6-18-33(41)34-19-7-12-24-42(34)54)39-29-46-38(36-21-9-13-25-45(36)55-46)28-44(39)53-40-22-10-8-20-35(40)37-26-31-16-4-5-17-32(31)27-43(37)53/h1-29H. The summed E-state index contributed by atoms with van der Waals surface area (Å²) in [5.74, 6) is 1.69. The number of aromatic nitrogens is 5. The average molecular weight is 704 g/mol. The minimum absolute atomic E-state index is 0.546. The zero-order chi connectivity index (χ0) is 36.0. The molecule has 55 heavy (non-hydrogen) atoms. The Morgan fingerprint density at radius 1 is 0.364 bits per heavy atom. The first-order valence-electron chi connectivity index (χ1n) is 18.4. The molecule has 0 spiro atoms. The summed E-state index contributed by atoms with van der Waals surface area (Å²) in [6, 6.07) is 61.5. The van der Waals surface area contributed by atoms with Crippen molar-refractivity contribution >= 4 is 76.3 Å². The third-order valence-corrected chi connectivity index (χ3v) is 11.0. The minimum Gasteiger partial charge on any atom is -0.456 e. The van der Waals surface area contributed by atoms with E-state index >= 15 is 0 Å². The van der Waals surface area contributed by atoms with E-state index in [1.165, 1.54) is 21.5 Å². The first-order chi connectivity index (χ1) is 27.3. The Balaban J connectivity index is 1.23. The summed E-state index contributed by atoms with van der Waals surface area (Å²) < 4.78 is 11.1. The Labute approximate surface area is 314 Å². The van der Waals surface area contributed by atoms with Crippen LogP contribution < -0.4 is 0 Å². The summed E-state index contributed by atoms with van der Waals surface area (Å²) in [5.41, 5.74) is 8.57. The fraction of sp³-hybridized carbons (Fsp3) is 0. The van der Waals surface area contributed by atoms with Gasteiger partial charge in [0.2, 0.25) is 5.95 Å². The van der Waals surface area contributed by atoms with Crippen molar-refractivity contribution in [2.75, 3.05) is 0 Å². The van der Waals surface area contributed by atoms with Gasteiger partial charge in [-0.3, -0.25) is 4.57 Å². The largest absolute Gasteiger partial charge is 0.456 e. The second-order valence-corrected chi connectivity index (χ2v) is 14.1. The maximum Gasteiger partial charge on any atom is 0.238 e. The molecule has 0 N–H and O–H groups in total. The van der Waals surface area contributed by atoms with Crippen LogP contribution in [0.4, 0.5) is 0 Å². The summed E-state index contributed by atoms with van der Waals surface area (Å²) in [6.07, 6.45) is 0. The molecule has 12 aromatic rings. The molecule has 0 bridgehead atoms. The van der Waals surface area contributed by atoms with Gasteiger partial charge in [-0.25, -0.2) is 4.98 Å². The quantitative estimate of drug-likeness (QED) is 0.183. The molecule has 256 valence electrons. The Kier molecular flexibility index (Phi) is 6.24. The molecule has 0 unspecified atom stereocenters. The molecular formula is C49H29N5O. The molecular weight excluding hydrogens is 675 g/mol. The maximum absolute atomic E-state index is 6.57. The van der Waals surface area contributed by atoms with Gasteiger partial charge in [-0.05, 0) is 59.3 Å². The van der Waals surface area contributed by atoms with E-state index in [0.717, 1.165) is 71.6 Å². The summed E-state index contributed by atoms with van der Waals surface area (Å²) in [4.78, 5) is 15.9. The first kappa shape index (κ1) is 29.9. The molecule has 0 aliphatic rings. The predicted molar refractivity (Wildman–Crippen MR) is 224 cm³/mol. The lowest BCUT2D eigenvalue weighted by Gasteiger charge is -2.16.